The Bertz CT molecular complexity index is 356. The van der Waals surface area contributed by atoms with E-state index >= 15 is 0 Å². The zero-order valence-electron chi connectivity index (χ0n) is 16.9. The van der Waals surface area contributed by atoms with Gasteiger partial charge in [0.05, 0.1) is 18.9 Å². The zero-order chi connectivity index (χ0) is 19.6. The summed E-state index contributed by atoms with van der Waals surface area (Å²) >= 11 is 0. The largest absolute Gasteiger partial charge is 0.481 e. The summed E-state index contributed by atoms with van der Waals surface area (Å²) in [6, 6.07) is 0. The Balaban J connectivity index is 3.94. The lowest BCUT2D eigenvalue weighted by atomic mass is 10.0. The maximum absolute atomic E-state index is 12.0. The zero-order valence-corrected chi connectivity index (χ0v) is 16.9. The minimum Gasteiger partial charge on any atom is -0.481 e. The highest BCUT2D eigenvalue weighted by Gasteiger charge is 2.20. The number of unbranched alkanes of at least 4 members (excludes halogenated alkanes) is 9. The van der Waals surface area contributed by atoms with Crippen LogP contribution in [0.4, 0.5) is 0 Å². The van der Waals surface area contributed by atoms with E-state index in [0.717, 1.165) is 38.5 Å². The second-order valence-corrected chi connectivity index (χ2v) is 7.33. The maximum Gasteiger partial charge on any atom is 0.308 e. The summed E-state index contributed by atoms with van der Waals surface area (Å²) in [5, 5.41) is 18.9. The van der Waals surface area contributed by atoms with Crippen LogP contribution in [-0.4, -0.2) is 34.4 Å². The predicted octanol–water partition coefficient (Wildman–Crippen LogP) is 5.24. The van der Waals surface area contributed by atoms with Gasteiger partial charge in [0.1, 0.15) is 6.10 Å². The molecule has 0 bridgehead atoms. The number of aliphatic carboxylic acids is 1. The first-order valence-corrected chi connectivity index (χ1v) is 10.6. The van der Waals surface area contributed by atoms with Crippen LogP contribution in [0.3, 0.4) is 0 Å². The number of carbonyl (C=O) groups excluding carboxylic acids is 1. The molecule has 0 aliphatic carbocycles. The maximum atomic E-state index is 12.0. The van der Waals surface area contributed by atoms with Gasteiger partial charge in [0.2, 0.25) is 0 Å². The monoisotopic (exact) mass is 372 g/mol. The van der Waals surface area contributed by atoms with Gasteiger partial charge in [-0.15, -0.1) is 0 Å². The number of ether oxygens (including phenoxy) is 1. The van der Waals surface area contributed by atoms with Crippen LogP contribution < -0.4 is 0 Å². The molecule has 154 valence electrons. The van der Waals surface area contributed by atoms with Gasteiger partial charge in [-0.05, 0) is 19.3 Å². The fraction of sp³-hybridized carbons (Fsp3) is 0.905. The summed E-state index contributed by atoms with van der Waals surface area (Å²) in [6.07, 6.45) is 12.0. The first-order chi connectivity index (χ1) is 12.5. The molecule has 0 amide bonds. The third-order valence-electron chi connectivity index (χ3n) is 4.62. The molecule has 0 saturated carbocycles. The summed E-state index contributed by atoms with van der Waals surface area (Å²) in [4.78, 5) is 22.9. The first kappa shape index (κ1) is 24.9. The van der Waals surface area contributed by atoms with E-state index in [2.05, 4.69) is 13.8 Å². The summed E-state index contributed by atoms with van der Waals surface area (Å²) in [6.45, 7) is 4.31. The van der Waals surface area contributed by atoms with Crippen molar-refractivity contribution in [1.29, 1.82) is 0 Å². The molecular weight excluding hydrogens is 332 g/mol. The predicted molar refractivity (Wildman–Crippen MR) is 104 cm³/mol. The molecule has 0 saturated heterocycles. The van der Waals surface area contributed by atoms with Crippen molar-refractivity contribution < 1.29 is 24.5 Å². The number of carboxylic acids is 1. The van der Waals surface area contributed by atoms with E-state index < -0.39 is 24.1 Å². The highest BCUT2D eigenvalue weighted by atomic mass is 16.5. The minimum atomic E-state index is -0.957. The van der Waals surface area contributed by atoms with Crippen LogP contribution in [0, 0.1) is 0 Å². The van der Waals surface area contributed by atoms with Gasteiger partial charge >= 0.3 is 11.9 Å². The van der Waals surface area contributed by atoms with Gasteiger partial charge in [-0.2, -0.15) is 0 Å². The molecule has 5 heteroatoms. The van der Waals surface area contributed by atoms with E-state index in [1.165, 1.54) is 32.1 Å². The molecule has 2 unspecified atom stereocenters. The van der Waals surface area contributed by atoms with Crippen molar-refractivity contribution in [3.05, 3.63) is 0 Å². The SMILES string of the molecule is CCCCCCCCCC(O)CC(=O)OC(CCCCCC)CC(=O)O. The quantitative estimate of drug-likeness (QED) is 0.254. The smallest absolute Gasteiger partial charge is 0.308 e. The second kappa shape index (κ2) is 17.3. The van der Waals surface area contributed by atoms with Crippen molar-refractivity contribution in [2.24, 2.45) is 0 Å². The number of carboxylic acid groups (broad SMARTS) is 1. The lowest BCUT2D eigenvalue weighted by Crippen LogP contribution is -2.24. The van der Waals surface area contributed by atoms with Crippen LogP contribution in [0.2, 0.25) is 0 Å². The number of rotatable bonds is 18. The third-order valence-corrected chi connectivity index (χ3v) is 4.62. The van der Waals surface area contributed by atoms with E-state index in [0.29, 0.717) is 12.8 Å². The molecule has 26 heavy (non-hydrogen) atoms. The lowest BCUT2D eigenvalue weighted by molar-refractivity contribution is -0.155. The van der Waals surface area contributed by atoms with E-state index in [9.17, 15) is 14.7 Å². The highest BCUT2D eigenvalue weighted by Crippen LogP contribution is 2.15. The summed E-state index contributed by atoms with van der Waals surface area (Å²) < 4.78 is 5.30. The molecule has 0 heterocycles. The normalized spacial score (nSPS) is 13.3. The highest BCUT2D eigenvalue weighted by molar-refractivity contribution is 5.71. The second-order valence-electron chi connectivity index (χ2n) is 7.33. The van der Waals surface area contributed by atoms with Crippen molar-refractivity contribution in [3.63, 3.8) is 0 Å². The molecule has 0 aliphatic rings. The minimum absolute atomic E-state index is 0.0408. The Morgan fingerprint density at radius 1 is 0.769 bits per heavy atom. The molecule has 0 aliphatic heterocycles. The van der Waals surface area contributed by atoms with Gasteiger partial charge in [-0.1, -0.05) is 78.1 Å². The molecule has 0 spiro atoms. The standard InChI is InChI=1S/C21H40O5/c1-3-5-7-9-10-11-12-14-18(22)16-21(25)26-19(17-20(23)24)15-13-8-6-4-2/h18-19,22H,3-17H2,1-2H3,(H,23,24). The summed E-state index contributed by atoms with van der Waals surface area (Å²) in [7, 11) is 0. The van der Waals surface area contributed by atoms with Gasteiger partial charge < -0.3 is 14.9 Å². The third kappa shape index (κ3) is 16.4. The van der Waals surface area contributed by atoms with Gasteiger partial charge in [-0.25, -0.2) is 0 Å². The van der Waals surface area contributed by atoms with Gasteiger partial charge in [0, 0.05) is 0 Å². The Morgan fingerprint density at radius 2 is 1.27 bits per heavy atom. The number of esters is 1. The molecule has 0 aromatic heterocycles. The number of hydrogen-bond acceptors (Lipinski definition) is 4. The van der Waals surface area contributed by atoms with Crippen LogP contribution in [0.25, 0.3) is 0 Å². The van der Waals surface area contributed by atoms with Crippen molar-refractivity contribution in [2.75, 3.05) is 0 Å². The fourth-order valence-electron chi connectivity index (χ4n) is 3.06. The van der Waals surface area contributed by atoms with Crippen LogP contribution in [0.15, 0.2) is 0 Å². The first-order valence-electron chi connectivity index (χ1n) is 10.6. The van der Waals surface area contributed by atoms with Gasteiger partial charge in [0.15, 0.2) is 0 Å². The van der Waals surface area contributed by atoms with Gasteiger partial charge in [0.25, 0.3) is 0 Å². The average molecular weight is 373 g/mol. The average Bonchev–Trinajstić information content (AvgIpc) is 2.57. The number of aliphatic hydroxyl groups excluding tert-OH is 1. The fourth-order valence-corrected chi connectivity index (χ4v) is 3.06. The Labute approximate surface area is 159 Å². The summed E-state index contributed by atoms with van der Waals surface area (Å²) in [5.41, 5.74) is 0. The molecule has 0 rings (SSSR count). The van der Waals surface area contributed by atoms with E-state index in [1.54, 1.807) is 0 Å². The molecule has 0 radical (unpaired) electrons. The van der Waals surface area contributed by atoms with E-state index in [4.69, 9.17) is 9.84 Å². The lowest BCUT2D eigenvalue weighted by Gasteiger charge is -2.17. The molecule has 5 nitrogen and oxygen atoms in total. The topological polar surface area (TPSA) is 83.8 Å². The number of hydrogen-bond donors (Lipinski definition) is 2. The van der Waals surface area contributed by atoms with Crippen molar-refractivity contribution >= 4 is 11.9 Å². The van der Waals surface area contributed by atoms with E-state index in [-0.39, 0.29) is 12.8 Å². The summed E-state index contributed by atoms with van der Waals surface area (Å²) in [5.74, 6) is -1.44. The molecular formula is C21H40O5. The van der Waals surface area contributed by atoms with Crippen LogP contribution in [0.1, 0.15) is 110 Å². The van der Waals surface area contributed by atoms with Gasteiger partial charge in [-0.3, -0.25) is 9.59 Å². The molecule has 0 aromatic carbocycles. The van der Waals surface area contributed by atoms with Crippen molar-refractivity contribution in [3.8, 4) is 0 Å². The Morgan fingerprint density at radius 3 is 1.85 bits per heavy atom. The Hall–Kier alpha value is -1.10. The molecule has 2 N–H and O–H groups in total. The van der Waals surface area contributed by atoms with E-state index in [1.807, 2.05) is 0 Å². The van der Waals surface area contributed by atoms with Crippen molar-refractivity contribution in [2.45, 2.75) is 122 Å². The van der Waals surface area contributed by atoms with Crippen LogP contribution in [0.5, 0.6) is 0 Å². The molecule has 0 fully saturated rings. The van der Waals surface area contributed by atoms with Crippen LogP contribution >= 0.6 is 0 Å². The van der Waals surface area contributed by atoms with Crippen LogP contribution in [-0.2, 0) is 14.3 Å². The molecule has 2 atom stereocenters. The number of aliphatic hydroxyl groups is 1. The van der Waals surface area contributed by atoms with Crippen molar-refractivity contribution in [1.82, 2.24) is 0 Å². The Kier molecular flexibility index (Phi) is 16.6. The number of carbonyl (C=O) groups is 2. The molecule has 0 aromatic rings.